The van der Waals surface area contributed by atoms with E-state index in [1.165, 1.54) is 7.11 Å². The molecule has 0 heterocycles. The second kappa shape index (κ2) is 22.8. The van der Waals surface area contributed by atoms with E-state index in [1.807, 2.05) is 109 Å². The monoisotopic (exact) mass is 832 g/mol. The fourth-order valence-corrected chi connectivity index (χ4v) is 6.77. The molecule has 316 valence electrons. The molecule has 12 heteroatoms. The van der Waals surface area contributed by atoms with Crippen LogP contribution < -0.4 is 15.8 Å². The van der Waals surface area contributed by atoms with E-state index in [1.54, 1.807) is 18.2 Å². The lowest BCUT2D eigenvalue weighted by Gasteiger charge is -2.22. The van der Waals surface area contributed by atoms with Crippen molar-refractivity contribution in [3.05, 3.63) is 161 Å². The van der Waals surface area contributed by atoms with Gasteiger partial charge in [0.15, 0.2) is 0 Å². The molecule has 5 aromatic carbocycles. The number of nitrogens with one attached hydrogen (secondary N) is 1. The molecule has 3 N–H and O–H groups in total. The number of esters is 3. The first-order valence-electron chi connectivity index (χ1n) is 19.5. The Kier molecular flexibility index (Phi) is 17.6. The number of hydrogen-bond donors (Lipinski definition) is 2. The second-order valence-electron chi connectivity index (χ2n) is 15.4. The molecule has 0 saturated heterocycles. The zero-order chi connectivity index (χ0) is 42.2. The number of hydrogen-bond acceptors (Lipinski definition) is 10. The maximum absolute atomic E-state index is 13.8. The molecule has 2 atom stereocenters. The Balaban J connectivity index is 0.00000794. The molecule has 0 saturated carbocycles. The summed E-state index contributed by atoms with van der Waals surface area (Å²) in [6.45, 7) is 7.11. The number of methoxy groups -OCH3 is 1. The number of carbonyl (C=O) groups excluding carboxylic acids is 4. The average Bonchev–Trinajstić information content (AvgIpc) is 3.24. The minimum atomic E-state index is -1.54. The van der Waals surface area contributed by atoms with E-state index in [4.69, 9.17) is 29.4 Å². The van der Waals surface area contributed by atoms with Crippen LogP contribution in [0.2, 0.25) is 25.7 Å². The minimum Gasteiger partial charge on any atom is -0.489 e. The minimum absolute atomic E-state index is 0. The fraction of sp³-hybridized carbons (Fsp3) is 0.292. The Morgan fingerprint density at radius 2 is 1.22 bits per heavy atom. The highest BCUT2D eigenvalue weighted by Gasteiger charge is 2.27. The SMILES string of the molecule is C.COC(=O)c1cc(C[C@H](N)C(=O)OCc2ccccc2)cc(-c2ccc(OCc3ccccc3)c(C[C@H](NC(=O)OCc3ccccc3)C(=O)OCC[Si](C)(C)C)c2)c1. The van der Waals surface area contributed by atoms with E-state index in [2.05, 4.69) is 25.0 Å². The lowest BCUT2D eigenvalue weighted by Crippen LogP contribution is -2.44. The van der Waals surface area contributed by atoms with Crippen LogP contribution in [0.4, 0.5) is 4.79 Å². The van der Waals surface area contributed by atoms with Gasteiger partial charge < -0.3 is 34.7 Å². The Morgan fingerprint density at radius 1 is 0.633 bits per heavy atom. The largest absolute Gasteiger partial charge is 0.489 e. The van der Waals surface area contributed by atoms with Crippen LogP contribution in [0.3, 0.4) is 0 Å². The zero-order valence-electron chi connectivity index (χ0n) is 34.0. The van der Waals surface area contributed by atoms with Gasteiger partial charge in [0.1, 0.15) is 37.7 Å². The Hall–Kier alpha value is -6.24. The zero-order valence-corrected chi connectivity index (χ0v) is 35.0. The van der Waals surface area contributed by atoms with Crippen LogP contribution in [0.1, 0.15) is 45.6 Å². The van der Waals surface area contributed by atoms with Crippen molar-refractivity contribution in [2.24, 2.45) is 5.73 Å². The first kappa shape index (κ1) is 46.4. The number of benzene rings is 5. The summed E-state index contributed by atoms with van der Waals surface area (Å²) in [5.41, 5.74) is 11.6. The Bertz CT molecular complexity index is 2160. The molecule has 11 nitrogen and oxygen atoms in total. The molecular formula is C48H56N2O9Si. The van der Waals surface area contributed by atoms with E-state index in [-0.39, 0.29) is 52.3 Å². The van der Waals surface area contributed by atoms with Gasteiger partial charge in [-0.1, -0.05) is 130 Å². The number of rotatable bonds is 19. The molecule has 5 aromatic rings. The van der Waals surface area contributed by atoms with Crippen molar-refractivity contribution >= 4 is 32.1 Å². The maximum atomic E-state index is 13.8. The quantitative estimate of drug-likeness (QED) is 0.0470. The van der Waals surface area contributed by atoms with Gasteiger partial charge in [0, 0.05) is 14.5 Å². The van der Waals surface area contributed by atoms with Crippen LogP contribution in [0, 0.1) is 0 Å². The summed E-state index contributed by atoms with van der Waals surface area (Å²) >= 11 is 0. The highest BCUT2D eigenvalue weighted by atomic mass is 28.3. The first-order valence-corrected chi connectivity index (χ1v) is 23.2. The predicted octanol–water partition coefficient (Wildman–Crippen LogP) is 8.69. The maximum Gasteiger partial charge on any atom is 0.408 e. The van der Waals surface area contributed by atoms with Gasteiger partial charge in [-0.2, -0.15) is 0 Å². The Morgan fingerprint density at radius 3 is 1.80 bits per heavy atom. The lowest BCUT2D eigenvalue weighted by molar-refractivity contribution is -0.147. The van der Waals surface area contributed by atoms with Gasteiger partial charge in [0.05, 0.1) is 19.3 Å². The number of ether oxygens (including phenoxy) is 5. The summed E-state index contributed by atoms with van der Waals surface area (Å²) < 4.78 is 28.1. The van der Waals surface area contributed by atoms with E-state index in [0.29, 0.717) is 28.0 Å². The second-order valence-corrected chi connectivity index (χ2v) is 21.0. The standard InChI is InChI=1S/C47H52N2O9Si.CH4/c1-54-44(50)40-25-36(26-41(48)45(51)57-31-34-16-10-6-11-17-34)24-38(28-40)37-20-21-43(56-30-33-14-8-5-9-15-33)39(27-37)29-42(46(52)55-22-23-59(2,3)4)49-47(53)58-32-35-18-12-7-13-19-35;/h5-21,24-25,27-28,41-42H,22-23,26,29-32,48H2,1-4H3,(H,49,53);1H4/t41-,42-;/m0./s1. The molecular weight excluding hydrogens is 777 g/mol. The predicted molar refractivity (Wildman–Crippen MR) is 235 cm³/mol. The topological polar surface area (TPSA) is 152 Å². The third kappa shape index (κ3) is 14.9. The molecule has 0 radical (unpaired) electrons. The fourth-order valence-electron chi connectivity index (χ4n) is 6.06. The number of amides is 1. The molecule has 0 bridgehead atoms. The molecule has 1 amide bonds. The molecule has 0 unspecified atom stereocenters. The van der Waals surface area contributed by atoms with Gasteiger partial charge in [-0.3, -0.25) is 4.79 Å². The van der Waals surface area contributed by atoms with E-state index < -0.39 is 44.2 Å². The molecule has 0 aliphatic rings. The van der Waals surface area contributed by atoms with Crippen molar-refractivity contribution in [1.29, 1.82) is 0 Å². The summed E-state index contributed by atoms with van der Waals surface area (Å²) in [6.07, 6.45) is -0.707. The number of carbonyl (C=O) groups is 4. The van der Waals surface area contributed by atoms with Crippen LogP contribution in [-0.2, 0) is 61.2 Å². The molecule has 5 rings (SSSR count). The average molecular weight is 833 g/mol. The highest BCUT2D eigenvalue weighted by molar-refractivity contribution is 6.76. The smallest absolute Gasteiger partial charge is 0.408 e. The van der Waals surface area contributed by atoms with Crippen molar-refractivity contribution in [2.45, 2.75) is 77.9 Å². The van der Waals surface area contributed by atoms with Crippen LogP contribution in [0.5, 0.6) is 5.75 Å². The lowest BCUT2D eigenvalue weighted by atomic mass is 9.94. The summed E-state index contributed by atoms with van der Waals surface area (Å²) in [7, 11) is -0.253. The van der Waals surface area contributed by atoms with Crippen LogP contribution in [-0.4, -0.2) is 57.9 Å². The molecule has 0 aliphatic heterocycles. The van der Waals surface area contributed by atoms with Crippen LogP contribution in [0.15, 0.2) is 127 Å². The normalized spacial score (nSPS) is 11.9. The van der Waals surface area contributed by atoms with E-state index >= 15 is 0 Å². The van der Waals surface area contributed by atoms with Gasteiger partial charge in [-0.05, 0) is 75.7 Å². The van der Waals surface area contributed by atoms with E-state index in [0.717, 1.165) is 22.7 Å². The van der Waals surface area contributed by atoms with Crippen molar-refractivity contribution in [2.75, 3.05) is 13.7 Å². The molecule has 0 fully saturated rings. The highest BCUT2D eigenvalue weighted by Crippen LogP contribution is 2.31. The molecule has 0 aliphatic carbocycles. The van der Waals surface area contributed by atoms with Gasteiger partial charge in [-0.15, -0.1) is 0 Å². The number of alkyl carbamates (subject to hydrolysis) is 1. The van der Waals surface area contributed by atoms with Gasteiger partial charge in [0.25, 0.3) is 0 Å². The first-order chi connectivity index (χ1) is 28.4. The molecule has 60 heavy (non-hydrogen) atoms. The van der Waals surface area contributed by atoms with Crippen LogP contribution >= 0.6 is 0 Å². The van der Waals surface area contributed by atoms with Crippen molar-refractivity contribution in [3.8, 4) is 16.9 Å². The summed E-state index contributed by atoms with van der Waals surface area (Å²) in [5.74, 6) is -1.29. The molecule has 0 spiro atoms. The van der Waals surface area contributed by atoms with Crippen LogP contribution in [0.25, 0.3) is 11.1 Å². The summed E-state index contributed by atoms with van der Waals surface area (Å²) in [4.78, 5) is 52.8. The van der Waals surface area contributed by atoms with Gasteiger partial charge in [0.2, 0.25) is 0 Å². The van der Waals surface area contributed by atoms with Gasteiger partial charge in [-0.25, -0.2) is 14.4 Å². The summed E-state index contributed by atoms with van der Waals surface area (Å²) in [6, 6.07) is 37.4. The Labute approximate surface area is 354 Å². The van der Waals surface area contributed by atoms with Crippen molar-refractivity contribution in [3.63, 3.8) is 0 Å². The third-order valence-corrected chi connectivity index (χ3v) is 11.0. The molecule has 0 aromatic heterocycles. The van der Waals surface area contributed by atoms with Gasteiger partial charge >= 0.3 is 24.0 Å². The summed E-state index contributed by atoms with van der Waals surface area (Å²) in [5, 5.41) is 2.74. The van der Waals surface area contributed by atoms with E-state index in [9.17, 15) is 19.2 Å². The number of nitrogens with two attached hydrogens (primary N) is 1. The van der Waals surface area contributed by atoms with Crippen molar-refractivity contribution < 1.29 is 42.9 Å². The van der Waals surface area contributed by atoms with Crippen molar-refractivity contribution in [1.82, 2.24) is 5.32 Å². The third-order valence-electron chi connectivity index (χ3n) is 9.34.